The second-order valence-electron chi connectivity index (χ2n) is 4.28. The number of hydrogen-bond acceptors (Lipinski definition) is 6. The molecule has 1 aliphatic heterocycles. The summed E-state index contributed by atoms with van der Waals surface area (Å²) in [6, 6.07) is 0. The highest BCUT2D eigenvalue weighted by Crippen LogP contribution is 2.15. The molecule has 0 unspecified atom stereocenters. The van der Waals surface area contributed by atoms with Gasteiger partial charge in [0.2, 0.25) is 5.95 Å². The first-order valence-electron chi connectivity index (χ1n) is 5.94. The third kappa shape index (κ3) is 2.04. The topological polar surface area (TPSA) is 71.8 Å². The Labute approximate surface area is 105 Å². The molecule has 1 N–H and O–H groups in total. The zero-order valence-corrected chi connectivity index (χ0v) is 10.2. The third-order valence-electron chi connectivity index (χ3n) is 2.99. The lowest BCUT2D eigenvalue weighted by molar-refractivity contribution is 0.551. The van der Waals surface area contributed by atoms with Crippen molar-refractivity contribution in [3.8, 4) is 0 Å². The number of nitrogens with one attached hydrogen (secondary N) is 1. The third-order valence-corrected chi connectivity index (χ3v) is 2.99. The van der Waals surface area contributed by atoms with Gasteiger partial charge in [-0.3, -0.25) is 0 Å². The van der Waals surface area contributed by atoms with Crippen molar-refractivity contribution >= 4 is 5.95 Å². The van der Waals surface area contributed by atoms with Crippen LogP contribution < -0.4 is 10.2 Å². The predicted octanol–water partition coefficient (Wildman–Crippen LogP) is -0.192. The van der Waals surface area contributed by atoms with E-state index >= 15 is 0 Å². The van der Waals surface area contributed by atoms with Gasteiger partial charge < -0.3 is 14.8 Å². The van der Waals surface area contributed by atoms with Gasteiger partial charge >= 0.3 is 0 Å². The van der Waals surface area contributed by atoms with E-state index in [2.05, 4.69) is 34.9 Å². The molecule has 0 aromatic carbocycles. The van der Waals surface area contributed by atoms with Gasteiger partial charge in [-0.25, -0.2) is 9.97 Å². The first kappa shape index (κ1) is 11.1. The summed E-state index contributed by atoms with van der Waals surface area (Å²) in [5.41, 5.74) is 1.08. The minimum atomic E-state index is 0.714. The van der Waals surface area contributed by atoms with Crippen LogP contribution in [0.2, 0.25) is 0 Å². The molecule has 18 heavy (non-hydrogen) atoms. The number of aromatic nitrogens is 5. The highest BCUT2D eigenvalue weighted by Gasteiger charge is 2.19. The largest absolute Gasteiger partial charge is 0.331 e. The second kappa shape index (κ2) is 4.69. The minimum absolute atomic E-state index is 0.714. The number of fused-ring (bicyclic) bond motifs is 1. The molecule has 0 bridgehead atoms. The summed E-state index contributed by atoms with van der Waals surface area (Å²) in [5, 5.41) is 11.1. The van der Waals surface area contributed by atoms with Crippen molar-refractivity contribution in [2.75, 3.05) is 18.5 Å². The lowest BCUT2D eigenvalue weighted by Gasteiger charge is -2.26. The maximum atomic E-state index is 4.40. The van der Waals surface area contributed by atoms with E-state index in [1.165, 1.54) is 0 Å². The van der Waals surface area contributed by atoms with Crippen LogP contribution in [0.4, 0.5) is 5.95 Å². The number of anilines is 1. The summed E-state index contributed by atoms with van der Waals surface area (Å²) >= 11 is 0. The van der Waals surface area contributed by atoms with E-state index in [1.54, 1.807) is 6.33 Å². The van der Waals surface area contributed by atoms with E-state index in [1.807, 2.05) is 19.4 Å². The molecule has 3 rings (SSSR count). The van der Waals surface area contributed by atoms with E-state index in [0.717, 1.165) is 37.0 Å². The lowest BCUT2D eigenvalue weighted by atomic mass is 10.3. The molecule has 3 heterocycles. The summed E-state index contributed by atoms with van der Waals surface area (Å²) < 4.78 is 2.06. The maximum Gasteiger partial charge on any atom is 0.225 e. The minimum Gasteiger partial charge on any atom is -0.331 e. The smallest absolute Gasteiger partial charge is 0.225 e. The maximum absolute atomic E-state index is 4.40. The van der Waals surface area contributed by atoms with Crippen molar-refractivity contribution in [3.63, 3.8) is 0 Å². The van der Waals surface area contributed by atoms with Crippen molar-refractivity contribution < 1.29 is 0 Å². The molecule has 94 valence electrons. The van der Waals surface area contributed by atoms with Crippen LogP contribution in [0.15, 0.2) is 18.7 Å². The molecule has 0 saturated carbocycles. The fourth-order valence-electron chi connectivity index (χ4n) is 2.04. The zero-order valence-electron chi connectivity index (χ0n) is 10.2. The molecule has 0 amide bonds. The first-order chi connectivity index (χ1) is 8.86. The van der Waals surface area contributed by atoms with E-state index < -0.39 is 0 Å². The molecule has 0 saturated heterocycles. The SMILES string of the molecule is CNCc1cnc(N2CCn3cnnc3C2)nc1. The van der Waals surface area contributed by atoms with Crippen molar-refractivity contribution in [3.05, 3.63) is 30.1 Å². The Morgan fingerprint density at radius 3 is 2.89 bits per heavy atom. The Bertz CT molecular complexity index is 518. The quantitative estimate of drug-likeness (QED) is 0.808. The van der Waals surface area contributed by atoms with Crippen LogP contribution in [0.1, 0.15) is 11.4 Å². The second-order valence-corrected chi connectivity index (χ2v) is 4.28. The number of hydrogen-bond donors (Lipinski definition) is 1. The molecule has 7 heteroatoms. The van der Waals surface area contributed by atoms with Crippen molar-refractivity contribution in [1.82, 2.24) is 30.0 Å². The van der Waals surface area contributed by atoms with Gasteiger partial charge in [0.1, 0.15) is 6.33 Å². The molecule has 0 aliphatic carbocycles. The van der Waals surface area contributed by atoms with Crippen LogP contribution in [-0.2, 0) is 19.6 Å². The van der Waals surface area contributed by atoms with Crippen molar-refractivity contribution in [2.24, 2.45) is 0 Å². The Hall–Kier alpha value is -2.02. The van der Waals surface area contributed by atoms with E-state index in [0.29, 0.717) is 6.54 Å². The first-order valence-corrected chi connectivity index (χ1v) is 5.94. The van der Waals surface area contributed by atoms with Gasteiger partial charge in [0.15, 0.2) is 5.82 Å². The van der Waals surface area contributed by atoms with E-state index in [9.17, 15) is 0 Å². The zero-order chi connectivity index (χ0) is 12.4. The van der Waals surface area contributed by atoms with Crippen LogP contribution in [0.5, 0.6) is 0 Å². The van der Waals surface area contributed by atoms with Gasteiger partial charge in [-0.2, -0.15) is 0 Å². The Kier molecular flexibility index (Phi) is 2.89. The van der Waals surface area contributed by atoms with Gasteiger partial charge in [-0.05, 0) is 7.05 Å². The molecule has 2 aromatic heterocycles. The predicted molar refractivity (Wildman–Crippen MR) is 65.9 cm³/mol. The summed E-state index contributed by atoms with van der Waals surface area (Å²) in [5.74, 6) is 1.72. The molecule has 1 aliphatic rings. The summed E-state index contributed by atoms with van der Waals surface area (Å²) in [4.78, 5) is 10.9. The molecule has 0 radical (unpaired) electrons. The number of rotatable bonds is 3. The van der Waals surface area contributed by atoms with E-state index in [4.69, 9.17) is 0 Å². The summed E-state index contributed by atoms with van der Waals surface area (Å²) in [7, 11) is 1.91. The van der Waals surface area contributed by atoms with Crippen molar-refractivity contribution in [2.45, 2.75) is 19.6 Å². The Morgan fingerprint density at radius 2 is 2.11 bits per heavy atom. The highest BCUT2D eigenvalue weighted by molar-refractivity contribution is 5.31. The summed E-state index contributed by atoms with van der Waals surface area (Å²) in [6.07, 6.45) is 5.49. The lowest BCUT2D eigenvalue weighted by Crippen LogP contribution is -2.34. The fraction of sp³-hybridized carbons (Fsp3) is 0.455. The molecule has 0 atom stereocenters. The molecule has 7 nitrogen and oxygen atoms in total. The van der Waals surface area contributed by atoms with Gasteiger partial charge in [0.05, 0.1) is 6.54 Å². The molecule has 0 fully saturated rings. The van der Waals surface area contributed by atoms with Crippen LogP contribution in [-0.4, -0.2) is 38.3 Å². The standard InChI is InChI=1S/C11H15N7/c1-12-4-9-5-13-11(14-6-9)17-2-3-18-8-15-16-10(18)7-17/h5-6,8,12H,2-4,7H2,1H3. The molecular formula is C11H15N7. The van der Waals surface area contributed by atoms with Gasteiger partial charge in [-0.1, -0.05) is 0 Å². The number of nitrogens with zero attached hydrogens (tertiary/aromatic N) is 6. The Morgan fingerprint density at radius 1 is 1.28 bits per heavy atom. The molecule has 2 aromatic rings. The van der Waals surface area contributed by atoms with E-state index in [-0.39, 0.29) is 0 Å². The molecular weight excluding hydrogens is 230 g/mol. The average Bonchev–Trinajstić information content (AvgIpc) is 2.87. The highest BCUT2D eigenvalue weighted by atomic mass is 15.3. The van der Waals surface area contributed by atoms with Gasteiger partial charge in [0.25, 0.3) is 0 Å². The van der Waals surface area contributed by atoms with Gasteiger partial charge in [0, 0.05) is 37.6 Å². The normalized spacial score (nSPS) is 14.6. The van der Waals surface area contributed by atoms with Crippen LogP contribution in [0.3, 0.4) is 0 Å². The average molecular weight is 245 g/mol. The fourth-order valence-corrected chi connectivity index (χ4v) is 2.04. The van der Waals surface area contributed by atoms with Crippen LogP contribution in [0, 0.1) is 0 Å². The molecule has 0 spiro atoms. The summed E-state index contributed by atoms with van der Waals surface area (Å²) in [6.45, 7) is 3.26. The van der Waals surface area contributed by atoms with Crippen LogP contribution in [0.25, 0.3) is 0 Å². The Balaban J connectivity index is 1.76. The van der Waals surface area contributed by atoms with Crippen LogP contribution >= 0.6 is 0 Å². The van der Waals surface area contributed by atoms with Gasteiger partial charge in [-0.15, -0.1) is 10.2 Å². The monoisotopic (exact) mass is 245 g/mol. The van der Waals surface area contributed by atoms with Crippen molar-refractivity contribution in [1.29, 1.82) is 0 Å².